The molecule has 0 amide bonds. The predicted molar refractivity (Wildman–Crippen MR) is 122 cm³/mol. The number of aromatic nitrogens is 2. The van der Waals surface area contributed by atoms with E-state index >= 15 is 0 Å². The minimum absolute atomic E-state index is 0.104. The van der Waals surface area contributed by atoms with Gasteiger partial charge in [0.1, 0.15) is 11.6 Å². The van der Waals surface area contributed by atoms with Crippen molar-refractivity contribution in [3.05, 3.63) is 58.6 Å². The van der Waals surface area contributed by atoms with Gasteiger partial charge in [-0.25, -0.2) is 4.98 Å². The molecule has 0 radical (unpaired) electrons. The Labute approximate surface area is 190 Å². The smallest absolute Gasteiger partial charge is 0.406 e. The second-order valence-electron chi connectivity index (χ2n) is 7.48. The highest BCUT2D eigenvalue weighted by Crippen LogP contribution is 2.32. The van der Waals surface area contributed by atoms with Crippen molar-refractivity contribution in [1.29, 1.82) is 0 Å². The summed E-state index contributed by atoms with van der Waals surface area (Å²) >= 11 is 6.28. The minimum Gasteiger partial charge on any atom is -0.406 e. The number of halogens is 4. The molecular weight excluding hydrogens is 441 g/mol. The summed E-state index contributed by atoms with van der Waals surface area (Å²) < 4.78 is 42.0. The Kier molecular flexibility index (Phi) is 7.13. The number of benzene rings is 2. The molecule has 1 aromatic heterocycles. The maximum Gasteiger partial charge on any atom is 0.573 e. The molecule has 2 N–H and O–H groups in total. The Hall–Kier alpha value is -3.00. The van der Waals surface area contributed by atoms with E-state index in [1.807, 2.05) is 39.8 Å². The number of ether oxygens (including phenoxy) is 1. The molecular formula is C23H24ClF3N4O. The van der Waals surface area contributed by atoms with Crippen LogP contribution < -0.4 is 15.4 Å². The molecule has 0 bridgehead atoms. The molecule has 0 saturated carbocycles. The molecule has 0 aliphatic carbocycles. The third kappa shape index (κ3) is 6.03. The zero-order valence-corrected chi connectivity index (χ0v) is 18.9. The van der Waals surface area contributed by atoms with Crippen LogP contribution in [0.5, 0.6) is 5.75 Å². The van der Waals surface area contributed by atoms with Gasteiger partial charge >= 0.3 is 6.36 Å². The summed E-state index contributed by atoms with van der Waals surface area (Å²) in [4.78, 5) is 9.06. The number of hydrogen-bond donors (Lipinski definition) is 2. The van der Waals surface area contributed by atoms with E-state index in [2.05, 4.69) is 25.3 Å². The van der Waals surface area contributed by atoms with Crippen LogP contribution in [0.4, 0.5) is 30.6 Å². The Balaban J connectivity index is 2.05. The highest BCUT2D eigenvalue weighted by Gasteiger charge is 2.31. The van der Waals surface area contributed by atoms with Crippen LogP contribution in [-0.4, -0.2) is 22.4 Å². The molecule has 2 aromatic carbocycles. The van der Waals surface area contributed by atoms with E-state index in [0.29, 0.717) is 28.0 Å². The zero-order chi connectivity index (χ0) is 23.5. The first kappa shape index (κ1) is 23.7. The van der Waals surface area contributed by atoms with Crippen LogP contribution in [0.15, 0.2) is 42.5 Å². The van der Waals surface area contributed by atoms with Gasteiger partial charge in [-0.05, 0) is 56.5 Å². The molecule has 0 unspecified atom stereocenters. The molecule has 3 aromatic rings. The summed E-state index contributed by atoms with van der Waals surface area (Å²) in [6.07, 6.45) is -3.93. The van der Waals surface area contributed by atoms with Gasteiger partial charge in [0.25, 0.3) is 0 Å². The second kappa shape index (κ2) is 9.65. The van der Waals surface area contributed by atoms with Crippen molar-refractivity contribution in [3.8, 4) is 17.0 Å². The number of aryl methyl sites for hydroxylation is 1. The molecule has 3 rings (SSSR count). The van der Waals surface area contributed by atoms with E-state index in [1.165, 1.54) is 18.2 Å². The quantitative estimate of drug-likeness (QED) is 0.385. The number of alkyl halides is 3. The fourth-order valence-corrected chi connectivity index (χ4v) is 3.20. The van der Waals surface area contributed by atoms with Crippen LogP contribution in [0.25, 0.3) is 11.3 Å². The van der Waals surface area contributed by atoms with Crippen molar-refractivity contribution in [2.24, 2.45) is 0 Å². The lowest BCUT2D eigenvalue weighted by molar-refractivity contribution is -0.274. The third-order valence-corrected chi connectivity index (χ3v) is 5.35. The van der Waals surface area contributed by atoms with E-state index in [0.717, 1.165) is 23.2 Å². The van der Waals surface area contributed by atoms with Crippen molar-refractivity contribution < 1.29 is 17.9 Å². The molecule has 1 atom stereocenters. The fourth-order valence-electron chi connectivity index (χ4n) is 3.04. The topological polar surface area (TPSA) is 59.1 Å². The average Bonchev–Trinajstić information content (AvgIpc) is 2.72. The summed E-state index contributed by atoms with van der Waals surface area (Å²) in [6, 6.07) is 11.2. The second-order valence-corrected chi connectivity index (χ2v) is 7.89. The van der Waals surface area contributed by atoms with Crippen LogP contribution >= 0.6 is 11.6 Å². The van der Waals surface area contributed by atoms with Crippen molar-refractivity contribution in [2.45, 2.75) is 46.5 Å². The van der Waals surface area contributed by atoms with E-state index in [4.69, 9.17) is 11.6 Å². The first-order valence-corrected chi connectivity index (χ1v) is 10.5. The van der Waals surface area contributed by atoms with Crippen LogP contribution in [0, 0.1) is 13.8 Å². The molecule has 0 aliphatic rings. The minimum atomic E-state index is -4.78. The van der Waals surface area contributed by atoms with E-state index in [1.54, 1.807) is 12.1 Å². The highest BCUT2D eigenvalue weighted by atomic mass is 35.5. The van der Waals surface area contributed by atoms with Gasteiger partial charge in [0.2, 0.25) is 5.95 Å². The van der Waals surface area contributed by atoms with Crippen LogP contribution in [0.3, 0.4) is 0 Å². The predicted octanol–water partition coefficient (Wildman–Crippen LogP) is 7.27. The standard InChI is InChI=1S/C23H24ClF3N4O/c1-5-14(3)28-22-29-19(16-7-6-8-17(11-16)32-23(25,26)27)12-20(31-22)30-21-13(2)9-10-18(24)15(21)4/h6-12,14H,5H2,1-4H3,(H2,28,29,30,31)/t14-/m1/s1. The number of nitrogens with zero attached hydrogens (tertiary/aromatic N) is 2. The molecule has 32 heavy (non-hydrogen) atoms. The summed E-state index contributed by atoms with van der Waals surface area (Å²) in [7, 11) is 0. The Morgan fingerprint density at radius 1 is 1.09 bits per heavy atom. The van der Waals surface area contributed by atoms with Gasteiger partial charge in [0.15, 0.2) is 0 Å². The molecule has 0 fully saturated rings. The van der Waals surface area contributed by atoms with Gasteiger partial charge in [0, 0.05) is 28.4 Å². The van der Waals surface area contributed by atoms with E-state index in [9.17, 15) is 13.2 Å². The summed E-state index contributed by atoms with van der Waals surface area (Å²) in [5, 5.41) is 7.12. The lowest BCUT2D eigenvalue weighted by Crippen LogP contribution is -2.17. The van der Waals surface area contributed by atoms with Crippen molar-refractivity contribution in [2.75, 3.05) is 10.6 Å². The molecule has 0 saturated heterocycles. The molecule has 5 nitrogen and oxygen atoms in total. The molecule has 9 heteroatoms. The SMILES string of the molecule is CC[C@@H](C)Nc1nc(Nc2c(C)ccc(Cl)c2C)cc(-c2cccc(OC(F)(F)F)c2)n1. The molecule has 0 spiro atoms. The number of rotatable bonds is 7. The first-order chi connectivity index (χ1) is 15.1. The average molecular weight is 465 g/mol. The van der Waals surface area contributed by atoms with Gasteiger partial charge in [-0.2, -0.15) is 4.98 Å². The molecule has 1 heterocycles. The van der Waals surface area contributed by atoms with Gasteiger partial charge in [-0.15, -0.1) is 13.2 Å². The largest absolute Gasteiger partial charge is 0.573 e. The van der Waals surface area contributed by atoms with Gasteiger partial charge < -0.3 is 15.4 Å². The van der Waals surface area contributed by atoms with Crippen molar-refractivity contribution >= 4 is 29.1 Å². The third-order valence-electron chi connectivity index (χ3n) is 4.94. The van der Waals surface area contributed by atoms with Crippen molar-refractivity contribution in [3.63, 3.8) is 0 Å². The summed E-state index contributed by atoms with van der Waals surface area (Å²) in [5.41, 5.74) is 3.56. The van der Waals surface area contributed by atoms with Crippen LogP contribution in [-0.2, 0) is 0 Å². The van der Waals surface area contributed by atoms with Crippen molar-refractivity contribution in [1.82, 2.24) is 9.97 Å². The normalized spacial score (nSPS) is 12.4. The zero-order valence-electron chi connectivity index (χ0n) is 18.1. The van der Waals surface area contributed by atoms with Crippen LogP contribution in [0.2, 0.25) is 5.02 Å². The van der Waals surface area contributed by atoms with Gasteiger partial charge in [-0.1, -0.05) is 36.7 Å². The summed E-state index contributed by atoms with van der Waals surface area (Å²) in [5.74, 6) is 0.524. The van der Waals surface area contributed by atoms with E-state index in [-0.39, 0.29) is 11.8 Å². The summed E-state index contributed by atoms with van der Waals surface area (Å²) in [6.45, 7) is 7.86. The van der Waals surface area contributed by atoms with E-state index < -0.39 is 6.36 Å². The Morgan fingerprint density at radius 3 is 2.53 bits per heavy atom. The highest BCUT2D eigenvalue weighted by molar-refractivity contribution is 6.31. The maximum absolute atomic E-state index is 12.7. The number of nitrogens with one attached hydrogen (secondary N) is 2. The fraction of sp³-hybridized carbons (Fsp3) is 0.304. The lowest BCUT2D eigenvalue weighted by atomic mass is 10.1. The Morgan fingerprint density at radius 2 is 1.84 bits per heavy atom. The Bertz CT molecular complexity index is 1110. The maximum atomic E-state index is 12.7. The monoisotopic (exact) mass is 464 g/mol. The van der Waals surface area contributed by atoms with Crippen LogP contribution in [0.1, 0.15) is 31.4 Å². The molecule has 0 aliphatic heterocycles. The van der Waals surface area contributed by atoms with Gasteiger partial charge in [0.05, 0.1) is 5.69 Å². The lowest BCUT2D eigenvalue weighted by Gasteiger charge is -2.17. The number of anilines is 3. The van der Waals surface area contributed by atoms with Gasteiger partial charge in [-0.3, -0.25) is 0 Å². The molecule has 170 valence electrons. The first-order valence-electron chi connectivity index (χ1n) is 10.1. The number of hydrogen-bond acceptors (Lipinski definition) is 5.